The van der Waals surface area contributed by atoms with E-state index in [9.17, 15) is 8.42 Å². The maximum atomic E-state index is 11.5. The average Bonchev–Trinajstić information content (AvgIpc) is 2.96. The molecule has 0 unspecified atom stereocenters. The molecule has 0 bridgehead atoms. The molecule has 3 aliphatic rings. The third-order valence-electron chi connectivity index (χ3n) is 8.34. The van der Waals surface area contributed by atoms with Crippen molar-refractivity contribution in [2.75, 3.05) is 70.2 Å². The number of halogens is 2. The molecule has 0 saturated carbocycles. The molecule has 3 saturated heterocycles. The second-order valence-electron chi connectivity index (χ2n) is 11.7. The second-order valence-corrected chi connectivity index (χ2v) is 14.4. The molecule has 3 aromatic rings. The van der Waals surface area contributed by atoms with Gasteiger partial charge < -0.3 is 14.4 Å². The molecule has 3 fully saturated rings. The monoisotopic (exact) mass is 661 g/mol. The molecule has 2 aromatic heterocycles. The highest BCUT2D eigenvalue weighted by molar-refractivity contribution is 7.88. The molecular formula is C30H37Cl2N7O4S. The first-order chi connectivity index (χ1) is 21.2. The zero-order valence-electron chi connectivity index (χ0n) is 24.7. The lowest BCUT2D eigenvalue weighted by molar-refractivity contribution is -0.0661. The number of likely N-dealkylation sites (tertiary alicyclic amines) is 1. The molecule has 0 aliphatic carbocycles. The lowest BCUT2D eigenvalue weighted by Crippen LogP contribution is -2.56. The molecule has 0 atom stereocenters. The minimum atomic E-state index is -3.19. The van der Waals surface area contributed by atoms with Gasteiger partial charge in [0.1, 0.15) is 0 Å². The number of piperazine rings is 1. The zero-order valence-corrected chi connectivity index (χ0v) is 27.0. The van der Waals surface area contributed by atoms with E-state index in [2.05, 4.69) is 29.4 Å². The number of benzene rings is 1. The minimum Gasteiger partial charge on any atom is -0.436 e. The van der Waals surface area contributed by atoms with Crippen LogP contribution in [-0.4, -0.2) is 104 Å². The Kier molecular flexibility index (Phi) is 9.86. The first kappa shape index (κ1) is 31.4. The molecule has 236 valence electrons. The number of rotatable bonds is 10. The predicted octanol–water partition coefficient (Wildman–Crippen LogP) is 3.92. The van der Waals surface area contributed by atoms with Gasteiger partial charge in [-0.1, -0.05) is 23.2 Å². The highest BCUT2D eigenvalue weighted by atomic mass is 35.5. The molecule has 0 spiro atoms. The summed E-state index contributed by atoms with van der Waals surface area (Å²) in [4.78, 5) is 21.0. The van der Waals surface area contributed by atoms with Crippen LogP contribution in [0.2, 0.25) is 10.0 Å². The van der Waals surface area contributed by atoms with Crippen molar-refractivity contribution in [1.82, 2.24) is 29.5 Å². The van der Waals surface area contributed by atoms with E-state index in [-0.39, 0.29) is 0 Å². The van der Waals surface area contributed by atoms with Crippen molar-refractivity contribution in [2.24, 2.45) is 5.92 Å². The molecule has 44 heavy (non-hydrogen) atoms. The van der Waals surface area contributed by atoms with Crippen LogP contribution in [0.1, 0.15) is 18.4 Å². The first-order valence-corrected chi connectivity index (χ1v) is 17.5. The van der Waals surface area contributed by atoms with E-state index in [4.69, 9.17) is 37.7 Å². The summed E-state index contributed by atoms with van der Waals surface area (Å²) >= 11 is 12.6. The van der Waals surface area contributed by atoms with Gasteiger partial charge in [-0.3, -0.25) is 9.80 Å². The van der Waals surface area contributed by atoms with Gasteiger partial charge in [0.2, 0.25) is 21.9 Å². The van der Waals surface area contributed by atoms with Crippen molar-refractivity contribution in [3.05, 3.63) is 58.3 Å². The molecule has 1 aromatic carbocycles. The lowest BCUT2D eigenvalue weighted by Gasteiger charge is -2.42. The molecule has 1 N–H and O–H groups in total. The van der Waals surface area contributed by atoms with Gasteiger partial charge in [-0.25, -0.2) is 28.1 Å². The lowest BCUT2D eigenvalue weighted by atomic mass is 9.97. The van der Waals surface area contributed by atoms with Gasteiger partial charge in [0.05, 0.1) is 43.6 Å². The Morgan fingerprint density at radius 1 is 0.955 bits per heavy atom. The highest BCUT2D eigenvalue weighted by Gasteiger charge is 2.29. The van der Waals surface area contributed by atoms with Crippen LogP contribution < -0.4 is 14.4 Å². The third-order valence-corrected chi connectivity index (χ3v) is 9.47. The van der Waals surface area contributed by atoms with Gasteiger partial charge >= 0.3 is 0 Å². The molecule has 11 nitrogen and oxygen atoms in total. The fourth-order valence-corrected chi connectivity index (χ4v) is 6.86. The topological polar surface area (TPSA) is 113 Å². The molecule has 3 aliphatic heterocycles. The van der Waals surface area contributed by atoms with Crippen LogP contribution in [0.3, 0.4) is 0 Å². The van der Waals surface area contributed by atoms with Crippen molar-refractivity contribution >= 4 is 39.2 Å². The zero-order chi connectivity index (χ0) is 30.7. The van der Waals surface area contributed by atoms with Gasteiger partial charge in [0.15, 0.2) is 5.75 Å². The van der Waals surface area contributed by atoms with Crippen molar-refractivity contribution in [2.45, 2.75) is 25.4 Å². The summed E-state index contributed by atoms with van der Waals surface area (Å²) in [5.74, 6) is 1.94. The summed E-state index contributed by atoms with van der Waals surface area (Å²) in [7, 11) is -3.19. The van der Waals surface area contributed by atoms with Gasteiger partial charge in [-0.2, -0.15) is 0 Å². The summed E-state index contributed by atoms with van der Waals surface area (Å²) in [5, 5.41) is 1.05. The molecule has 5 heterocycles. The average molecular weight is 663 g/mol. The first-order valence-electron chi connectivity index (χ1n) is 14.9. The normalized spacial score (nSPS) is 19.2. The van der Waals surface area contributed by atoms with E-state index in [1.165, 1.54) is 6.26 Å². The fraction of sp³-hybridized carbons (Fsp3) is 0.500. The summed E-state index contributed by atoms with van der Waals surface area (Å²) in [6, 6.07) is 9.86. The quantitative estimate of drug-likeness (QED) is 0.343. The van der Waals surface area contributed by atoms with Gasteiger partial charge in [0.25, 0.3) is 0 Å². The minimum absolute atomic E-state index is 0.325. The van der Waals surface area contributed by atoms with Crippen LogP contribution in [0, 0.1) is 5.92 Å². The maximum absolute atomic E-state index is 11.5. The van der Waals surface area contributed by atoms with Crippen LogP contribution in [0.25, 0.3) is 11.3 Å². The second kappa shape index (κ2) is 13.8. The summed E-state index contributed by atoms with van der Waals surface area (Å²) in [5.41, 5.74) is 2.52. The number of anilines is 1. The number of aromatic nitrogens is 3. The van der Waals surface area contributed by atoms with Gasteiger partial charge in [-0.15, -0.1) is 0 Å². The Labute approximate surface area is 268 Å². The highest BCUT2D eigenvalue weighted by Crippen LogP contribution is 2.31. The van der Waals surface area contributed by atoms with Crippen LogP contribution in [0.5, 0.6) is 11.6 Å². The van der Waals surface area contributed by atoms with Crippen molar-refractivity contribution in [1.29, 1.82) is 0 Å². The van der Waals surface area contributed by atoms with E-state index < -0.39 is 10.0 Å². The van der Waals surface area contributed by atoms with Crippen LogP contribution in [0.4, 0.5) is 5.95 Å². The van der Waals surface area contributed by atoms with Gasteiger partial charge in [-0.05, 0) is 61.7 Å². The van der Waals surface area contributed by atoms with Crippen LogP contribution >= 0.6 is 23.2 Å². The number of hydrogen-bond donors (Lipinski definition) is 1. The van der Waals surface area contributed by atoms with Crippen molar-refractivity contribution in [3.8, 4) is 22.9 Å². The van der Waals surface area contributed by atoms with Crippen molar-refractivity contribution < 1.29 is 17.9 Å². The Bertz CT molecular complexity index is 1520. The number of hydrogen-bond acceptors (Lipinski definition) is 10. The fourth-order valence-electron chi connectivity index (χ4n) is 5.80. The molecular weight excluding hydrogens is 625 g/mol. The third kappa shape index (κ3) is 8.36. The molecule has 6 rings (SSSR count). The molecule has 14 heteroatoms. The van der Waals surface area contributed by atoms with E-state index in [0.29, 0.717) is 58.4 Å². The van der Waals surface area contributed by atoms with E-state index >= 15 is 0 Å². The SMILES string of the molecule is CS(=O)(=O)NCC1CCN(Cc2cc(Oc3cnc(N4CCN(C5COC5)CC4)nc3)nc(-c3cc(Cl)cc(Cl)c3)c2)CC1. The number of nitrogens with zero attached hydrogens (tertiary/aromatic N) is 6. The van der Waals surface area contributed by atoms with Crippen molar-refractivity contribution in [3.63, 3.8) is 0 Å². The van der Waals surface area contributed by atoms with Crippen LogP contribution in [-0.2, 0) is 21.3 Å². The number of nitrogens with one attached hydrogen (secondary N) is 1. The van der Waals surface area contributed by atoms with Crippen LogP contribution in [0.15, 0.2) is 42.7 Å². The number of ether oxygens (including phenoxy) is 2. The summed E-state index contributed by atoms with van der Waals surface area (Å²) < 4.78 is 37.2. The number of pyridine rings is 1. The smallest absolute Gasteiger partial charge is 0.225 e. The molecule has 0 amide bonds. The van der Waals surface area contributed by atoms with Gasteiger partial charge in [0, 0.05) is 60.9 Å². The van der Waals surface area contributed by atoms with E-state index in [1.807, 2.05) is 24.3 Å². The molecule has 0 radical (unpaired) electrons. The van der Waals surface area contributed by atoms with E-state index in [1.54, 1.807) is 18.5 Å². The summed E-state index contributed by atoms with van der Waals surface area (Å²) in [6.45, 7) is 8.24. The number of sulfonamides is 1. The Morgan fingerprint density at radius 2 is 1.64 bits per heavy atom. The predicted molar refractivity (Wildman–Crippen MR) is 171 cm³/mol. The Morgan fingerprint density at radius 3 is 2.25 bits per heavy atom. The largest absolute Gasteiger partial charge is 0.436 e. The Hall–Kier alpha value is -2.58. The maximum Gasteiger partial charge on any atom is 0.225 e. The Balaban J connectivity index is 1.14. The number of piperidine rings is 1. The standard InChI is InChI=1S/C30H37Cl2N7O4S/c1-44(40,41)35-15-21-2-4-37(5-3-21)18-22-10-28(23-12-24(31)14-25(32)13-23)36-29(11-22)43-27-16-33-30(34-17-27)39-8-6-38(7-9-39)26-19-42-20-26/h10-14,16-17,21,26,35H,2-9,15,18-20H2,1H3. The van der Waals surface area contributed by atoms with E-state index in [0.717, 1.165) is 76.5 Å². The summed E-state index contributed by atoms with van der Waals surface area (Å²) in [6.07, 6.45) is 6.41.